The highest BCUT2D eigenvalue weighted by Gasteiger charge is 2.11. The van der Waals surface area contributed by atoms with E-state index in [0.29, 0.717) is 12.2 Å². The lowest BCUT2D eigenvalue weighted by atomic mass is 9.99. The quantitative estimate of drug-likeness (QED) is 0.376. The second-order valence-corrected chi connectivity index (χ2v) is 8.06. The molecule has 0 fully saturated rings. The van der Waals surface area contributed by atoms with Crippen LogP contribution < -0.4 is 15.7 Å². The molecule has 0 aliphatic carbocycles. The van der Waals surface area contributed by atoms with E-state index in [1.165, 1.54) is 0 Å². The molecular weight excluding hydrogens is 414 g/mol. The highest BCUT2D eigenvalue weighted by Crippen LogP contribution is 2.30. The molecule has 5 rings (SSSR count). The molecule has 3 heterocycles. The molecule has 0 unspecified atom stereocenters. The predicted octanol–water partition coefficient (Wildman–Crippen LogP) is 3.89. The molecule has 166 valence electrons. The zero-order chi connectivity index (χ0) is 22.8. The first-order valence-corrected chi connectivity index (χ1v) is 10.9. The van der Waals surface area contributed by atoms with E-state index < -0.39 is 0 Å². The Morgan fingerprint density at radius 1 is 1.06 bits per heavy atom. The van der Waals surface area contributed by atoms with Gasteiger partial charge in [-0.1, -0.05) is 18.2 Å². The minimum atomic E-state index is -0.230. The Kier molecular flexibility index (Phi) is 5.62. The second kappa shape index (κ2) is 8.88. The molecule has 0 spiro atoms. The van der Waals surface area contributed by atoms with Crippen molar-refractivity contribution in [3.63, 3.8) is 0 Å². The van der Waals surface area contributed by atoms with Crippen LogP contribution in [0.5, 0.6) is 5.75 Å². The fourth-order valence-electron chi connectivity index (χ4n) is 4.22. The fraction of sp³-hybridized carbons (Fsp3) is 0.192. The van der Waals surface area contributed by atoms with Crippen LogP contribution in [-0.2, 0) is 13.0 Å². The van der Waals surface area contributed by atoms with E-state index in [1.807, 2.05) is 55.6 Å². The van der Waals surface area contributed by atoms with E-state index >= 15 is 0 Å². The Hall–Kier alpha value is -3.97. The van der Waals surface area contributed by atoms with Crippen molar-refractivity contribution >= 4 is 16.6 Å². The number of aromatic nitrogens is 4. The summed E-state index contributed by atoms with van der Waals surface area (Å²) in [5, 5.41) is 11.1. The largest absolute Gasteiger partial charge is 0.496 e. The summed E-state index contributed by atoms with van der Waals surface area (Å²) in [5.74, 6) is 0.854. The zero-order valence-electron chi connectivity index (χ0n) is 18.6. The van der Waals surface area contributed by atoms with Gasteiger partial charge in [-0.2, -0.15) is 5.10 Å². The SMILES string of the molecule is COc1ccc(-c2ccc3c(c2)c(C)cc2n[nH]c(=O)n23)cc1CNCCc1ccccn1. The Balaban J connectivity index is 1.43. The molecule has 2 N–H and O–H groups in total. The number of hydrogen-bond donors (Lipinski definition) is 2. The van der Waals surface area contributed by atoms with Crippen LogP contribution in [0.25, 0.3) is 27.7 Å². The maximum absolute atomic E-state index is 12.2. The highest BCUT2D eigenvalue weighted by atomic mass is 16.5. The van der Waals surface area contributed by atoms with Crippen LogP contribution in [-0.4, -0.2) is 33.2 Å². The summed E-state index contributed by atoms with van der Waals surface area (Å²) in [5.41, 5.74) is 6.66. The molecule has 0 saturated carbocycles. The van der Waals surface area contributed by atoms with Gasteiger partial charge in [-0.25, -0.2) is 14.3 Å². The van der Waals surface area contributed by atoms with Crippen molar-refractivity contribution < 1.29 is 4.74 Å². The Morgan fingerprint density at radius 2 is 1.91 bits per heavy atom. The van der Waals surface area contributed by atoms with E-state index in [-0.39, 0.29) is 5.69 Å². The van der Waals surface area contributed by atoms with Gasteiger partial charge in [0.25, 0.3) is 0 Å². The Labute approximate surface area is 191 Å². The van der Waals surface area contributed by atoms with Crippen LogP contribution in [0.4, 0.5) is 0 Å². The highest BCUT2D eigenvalue weighted by molar-refractivity contribution is 5.89. The number of pyridine rings is 2. The number of rotatable bonds is 7. The van der Waals surface area contributed by atoms with Gasteiger partial charge in [-0.3, -0.25) is 4.98 Å². The molecule has 0 aliphatic rings. The van der Waals surface area contributed by atoms with Gasteiger partial charge in [-0.05, 0) is 66.1 Å². The average molecular weight is 440 g/mol. The third-order valence-corrected chi connectivity index (χ3v) is 5.92. The first-order valence-electron chi connectivity index (χ1n) is 10.9. The molecule has 3 aromatic heterocycles. The second-order valence-electron chi connectivity index (χ2n) is 8.06. The number of nitrogens with one attached hydrogen (secondary N) is 2. The van der Waals surface area contributed by atoms with Crippen LogP contribution in [0.15, 0.2) is 71.7 Å². The Bertz CT molecular complexity index is 1490. The van der Waals surface area contributed by atoms with Crippen molar-refractivity contribution in [3.05, 3.63) is 94.2 Å². The number of aryl methyl sites for hydroxylation is 1. The predicted molar refractivity (Wildman–Crippen MR) is 130 cm³/mol. The van der Waals surface area contributed by atoms with Crippen LogP contribution in [0.1, 0.15) is 16.8 Å². The lowest BCUT2D eigenvalue weighted by Gasteiger charge is -2.13. The van der Waals surface area contributed by atoms with Gasteiger partial charge in [0.15, 0.2) is 5.65 Å². The fourth-order valence-corrected chi connectivity index (χ4v) is 4.22. The molecule has 7 heteroatoms. The van der Waals surface area contributed by atoms with Gasteiger partial charge in [0, 0.05) is 42.4 Å². The van der Waals surface area contributed by atoms with Crippen LogP contribution >= 0.6 is 0 Å². The molecule has 0 bridgehead atoms. The van der Waals surface area contributed by atoms with Crippen molar-refractivity contribution in [2.75, 3.05) is 13.7 Å². The maximum atomic E-state index is 12.2. The van der Waals surface area contributed by atoms with Gasteiger partial charge in [0.2, 0.25) is 0 Å². The molecular formula is C26H25N5O2. The summed E-state index contributed by atoms with van der Waals surface area (Å²) >= 11 is 0. The van der Waals surface area contributed by atoms with Crippen molar-refractivity contribution in [1.82, 2.24) is 24.9 Å². The lowest BCUT2D eigenvalue weighted by Crippen LogP contribution is -2.17. The molecule has 0 atom stereocenters. The summed E-state index contributed by atoms with van der Waals surface area (Å²) in [4.78, 5) is 16.6. The summed E-state index contributed by atoms with van der Waals surface area (Å²) in [7, 11) is 1.69. The molecule has 5 aromatic rings. The smallest absolute Gasteiger partial charge is 0.348 e. The standard InChI is InChI=1S/C26H25N5O2/c1-17-13-25-29-30-26(32)31(25)23-8-6-19(15-22(17)23)18-7-9-24(33-2)20(14-18)16-27-12-10-21-5-3-4-11-28-21/h3-9,11,13-15,27H,10,12,16H2,1-2H3,(H,30,32). The third-order valence-electron chi connectivity index (χ3n) is 5.92. The topological polar surface area (TPSA) is 84.3 Å². The lowest BCUT2D eigenvalue weighted by molar-refractivity contribution is 0.408. The van der Waals surface area contributed by atoms with Crippen LogP contribution in [0, 0.1) is 6.92 Å². The normalized spacial score (nSPS) is 11.3. The van der Waals surface area contributed by atoms with Crippen LogP contribution in [0.2, 0.25) is 0 Å². The summed E-state index contributed by atoms with van der Waals surface area (Å²) in [6.45, 7) is 3.56. The van der Waals surface area contributed by atoms with Gasteiger partial charge in [-0.15, -0.1) is 0 Å². The number of nitrogens with zero attached hydrogens (tertiary/aromatic N) is 3. The van der Waals surface area contributed by atoms with Crippen LogP contribution in [0.3, 0.4) is 0 Å². The first-order chi connectivity index (χ1) is 16.1. The number of aromatic amines is 1. The molecule has 0 amide bonds. The molecule has 7 nitrogen and oxygen atoms in total. The summed E-state index contributed by atoms with van der Waals surface area (Å²) < 4.78 is 7.20. The molecule has 2 aromatic carbocycles. The molecule has 0 saturated heterocycles. The molecule has 33 heavy (non-hydrogen) atoms. The van der Waals surface area contributed by atoms with Gasteiger partial charge >= 0.3 is 5.69 Å². The zero-order valence-corrected chi connectivity index (χ0v) is 18.6. The van der Waals surface area contributed by atoms with E-state index in [9.17, 15) is 4.79 Å². The number of hydrogen-bond acceptors (Lipinski definition) is 5. The van der Waals surface area contributed by atoms with E-state index in [0.717, 1.165) is 57.6 Å². The van der Waals surface area contributed by atoms with Gasteiger partial charge in [0.05, 0.1) is 12.6 Å². The molecule has 0 radical (unpaired) electrons. The van der Waals surface area contributed by atoms with Crippen molar-refractivity contribution in [2.45, 2.75) is 19.9 Å². The van der Waals surface area contributed by atoms with E-state index in [1.54, 1.807) is 11.5 Å². The minimum Gasteiger partial charge on any atom is -0.496 e. The Morgan fingerprint density at radius 3 is 2.73 bits per heavy atom. The maximum Gasteiger partial charge on any atom is 0.348 e. The van der Waals surface area contributed by atoms with Gasteiger partial charge in [0.1, 0.15) is 5.75 Å². The summed E-state index contributed by atoms with van der Waals surface area (Å²) in [6.07, 6.45) is 2.69. The monoisotopic (exact) mass is 439 g/mol. The van der Waals surface area contributed by atoms with Gasteiger partial charge < -0.3 is 10.1 Å². The van der Waals surface area contributed by atoms with Crippen molar-refractivity contribution in [3.8, 4) is 16.9 Å². The molecule has 0 aliphatic heterocycles. The first kappa shape index (κ1) is 20.9. The van der Waals surface area contributed by atoms with Crippen molar-refractivity contribution in [1.29, 1.82) is 0 Å². The van der Waals surface area contributed by atoms with E-state index in [4.69, 9.17) is 4.74 Å². The third kappa shape index (κ3) is 4.10. The van der Waals surface area contributed by atoms with Crippen molar-refractivity contribution in [2.24, 2.45) is 0 Å². The van der Waals surface area contributed by atoms with E-state index in [2.05, 4.69) is 38.7 Å². The minimum absolute atomic E-state index is 0.230. The number of fused-ring (bicyclic) bond motifs is 3. The summed E-state index contributed by atoms with van der Waals surface area (Å²) in [6, 6.07) is 20.3. The number of benzene rings is 2. The number of H-pyrrole nitrogens is 1. The number of methoxy groups -OCH3 is 1. The average Bonchev–Trinajstić information content (AvgIpc) is 3.22. The number of ether oxygens (including phenoxy) is 1.